The molecule has 5 nitrogen and oxygen atoms in total. The first-order valence-corrected chi connectivity index (χ1v) is 5.36. The summed E-state index contributed by atoms with van der Waals surface area (Å²) >= 11 is 0. The lowest BCUT2D eigenvalue weighted by Crippen LogP contribution is -2.32. The fraction of sp³-hybridized carbons (Fsp3) is 0.250. The van der Waals surface area contributed by atoms with Crippen LogP contribution in [0.4, 0.5) is 5.69 Å². The molecule has 0 aliphatic carbocycles. The van der Waals surface area contributed by atoms with E-state index in [2.05, 4.69) is 0 Å². The molecule has 1 rings (SSSR count). The summed E-state index contributed by atoms with van der Waals surface area (Å²) in [5, 5.41) is 8.64. The molecule has 0 radical (unpaired) electrons. The zero-order valence-electron chi connectivity index (χ0n) is 7.37. The zero-order chi connectivity index (χ0) is 10.6. The van der Waals surface area contributed by atoms with Crippen molar-refractivity contribution in [3.8, 4) is 0 Å². The summed E-state index contributed by atoms with van der Waals surface area (Å²) in [4.78, 5) is 0. The molecule has 0 aliphatic heterocycles. The molecule has 0 aliphatic rings. The zero-order valence-corrected chi connectivity index (χ0v) is 8.18. The van der Waals surface area contributed by atoms with Crippen molar-refractivity contribution < 1.29 is 18.1 Å². The van der Waals surface area contributed by atoms with E-state index in [0.717, 1.165) is 4.31 Å². The molecule has 0 bridgehead atoms. The van der Waals surface area contributed by atoms with Gasteiger partial charge in [-0.15, -0.1) is 0 Å². The number of hydrogen-bond acceptors (Lipinski definition) is 3. The Balaban J connectivity index is 3.02. The van der Waals surface area contributed by atoms with Crippen molar-refractivity contribution in [2.24, 2.45) is 0 Å². The molecule has 0 spiro atoms. The highest BCUT2D eigenvalue weighted by molar-refractivity contribution is 7.87. The van der Waals surface area contributed by atoms with Crippen molar-refractivity contribution in [2.45, 2.75) is 0 Å². The molecule has 1 aromatic rings. The highest BCUT2D eigenvalue weighted by Crippen LogP contribution is 2.15. The second-order valence-electron chi connectivity index (χ2n) is 2.61. The maximum absolute atomic E-state index is 10.9. The first-order valence-electron chi connectivity index (χ1n) is 3.97. The lowest BCUT2D eigenvalue weighted by atomic mass is 10.3. The average Bonchev–Trinajstić information content (AvgIpc) is 2.14. The first-order chi connectivity index (χ1) is 6.55. The number of hydrogen-bond donors (Lipinski definition) is 2. The van der Waals surface area contributed by atoms with E-state index in [9.17, 15) is 8.42 Å². The predicted octanol–water partition coefficient (Wildman–Crippen LogP) is 0.288. The van der Waals surface area contributed by atoms with Crippen molar-refractivity contribution >= 4 is 16.0 Å². The Hall–Kier alpha value is -1.11. The minimum absolute atomic E-state index is 0.164. The summed E-state index contributed by atoms with van der Waals surface area (Å²) < 4.78 is 31.4. The van der Waals surface area contributed by atoms with E-state index >= 15 is 0 Å². The van der Waals surface area contributed by atoms with Crippen LogP contribution >= 0.6 is 0 Å². The van der Waals surface area contributed by atoms with Crippen LogP contribution in [0.25, 0.3) is 0 Å². The summed E-state index contributed by atoms with van der Waals surface area (Å²) in [6.45, 7) is -0.516. The van der Waals surface area contributed by atoms with Crippen LogP contribution in [0.1, 0.15) is 0 Å². The number of aliphatic hydroxyl groups is 1. The van der Waals surface area contributed by atoms with E-state index in [1.54, 1.807) is 18.2 Å². The van der Waals surface area contributed by atoms with Gasteiger partial charge >= 0.3 is 10.3 Å². The van der Waals surface area contributed by atoms with Crippen LogP contribution in [0.5, 0.6) is 0 Å². The molecule has 1 aromatic carbocycles. The third-order valence-corrected chi connectivity index (χ3v) is 2.58. The fourth-order valence-electron chi connectivity index (χ4n) is 1.06. The Morgan fingerprint density at radius 2 is 1.79 bits per heavy atom. The van der Waals surface area contributed by atoms with Gasteiger partial charge in [0.05, 0.1) is 18.8 Å². The second kappa shape index (κ2) is 4.41. The van der Waals surface area contributed by atoms with Crippen LogP contribution in [0.3, 0.4) is 0 Å². The number of benzene rings is 1. The minimum atomic E-state index is -4.31. The molecule has 0 aromatic heterocycles. The van der Waals surface area contributed by atoms with Gasteiger partial charge in [-0.3, -0.25) is 4.55 Å². The van der Waals surface area contributed by atoms with Crippen LogP contribution in [-0.2, 0) is 10.3 Å². The van der Waals surface area contributed by atoms with E-state index in [-0.39, 0.29) is 13.2 Å². The highest BCUT2D eigenvalue weighted by atomic mass is 32.2. The first kappa shape index (κ1) is 11.0. The van der Waals surface area contributed by atoms with Gasteiger partial charge in [-0.25, -0.2) is 4.31 Å². The Kier molecular flexibility index (Phi) is 3.45. The van der Waals surface area contributed by atoms with E-state index in [1.165, 1.54) is 12.1 Å². The van der Waals surface area contributed by atoms with Gasteiger partial charge in [-0.1, -0.05) is 18.2 Å². The summed E-state index contributed by atoms with van der Waals surface area (Å²) in [7, 11) is -4.31. The smallest absolute Gasteiger partial charge is 0.360 e. The van der Waals surface area contributed by atoms with Gasteiger partial charge in [0.1, 0.15) is 0 Å². The summed E-state index contributed by atoms with van der Waals surface area (Å²) in [5.41, 5.74) is 0.323. The molecule has 2 N–H and O–H groups in total. The number of nitrogens with zero attached hydrogens (tertiary/aromatic N) is 1. The van der Waals surface area contributed by atoms with Crippen LogP contribution < -0.4 is 4.31 Å². The molecule has 6 heteroatoms. The SMILES string of the molecule is O=S(=O)(O)N(CCO)c1ccccc1. The Bertz CT molecular complexity index is 376. The molecule has 14 heavy (non-hydrogen) atoms. The molecule has 0 saturated carbocycles. The third kappa shape index (κ3) is 2.69. The number of rotatable bonds is 4. The van der Waals surface area contributed by atoms with E-state index in [0.29, 0.717) is 5.69 Å². The van der Waals surface area contributed by atoms with Gasteiger partial charge < -0.3 is 5.11 Å². The van der Waals surface area contributed by atoms with Gasteiger partial charge in [0.25, 0.3) is 0 Å². The molecule has 0 saturated heterocycles. The minimum Gasteiger partial charge on any atom is -0.394 e. The van der Waals surface area contributed by atoms with E-state index in [1.807, 2.05) is 0 Å². The van der Waals surface area contributed by atoms with Crippen LogP contribution in [0.2, 0.25) is 0 Å². The molecule has 0 amide bonds. The van der Waals surface area contributed by atoms with Crippen molar-refractivity contribution in [3.05, 3.63) is 30.3 Å². The fourth-order valence-corrected chi connectivity index (χ4v) is 1.76. The van der Waals surface area contributed by atoms with Crippen molar-refractivity contribution in [3.63, 3.8) is 0 Å². The van der Waals surface area contributed by atoms with Crippen LogP contribution in [0, 0.1) is 0 Å². The lowest BCUT2D eigenvalue weighted by Gasteiger charge is -2.19. The van der Waals surface area contributed by atoms with E-state index in [4.69, 9.17) is 9.66 Å². The third-order valence-electron chi connectivity index (χ3n) is 1.63. The molecule has 0 fully saturated rings. The molecule has 0 heterocycles. The summed E-state index contributed by atoms with van der Waals surface area (Å²) in [5.74, 6) is 0. The lowest BCUT2D eigenvalue weighted by molar-refractivity contribution is 0.305. The van der Waals surface area contributed by atoms with Gasteiger partial charge in [0.15, 0.2) is 0 Å². The van der Waals surface area contributed by atoms with Gasteiger partial charge in [-0.2, -0.15) is 8.42 Å². The highest BCUT2D eigenvalue weighted by Gasteiger charge is 2.17. The van der Waals surface area contributed by atoms with Crippen molar-refractivity contribution in [1.29, 1.82) is 0 Å². The van der Waals surface area contributed by atoms with Crippen LogP contribution in [0.15, 0.2) is 30.3 Å². The number of anilines is 1. The normalized spacial score (nSPS) is 11.3. The second-order valence-corrected chi connectivity index (χ2v) is 3.95. The predicted molar refractivity (Wildman–Crippen MR) is 52.4 cm³/mol. The number of aliphatic hydroxyl groups excluding tert-OH is 1. The van der Waals surface area contributed by atoms with Crippen LogP contribution in [-0.4, -0.2) is 31.2 Å². The van der Waals surface area contributed by atoms with Gasteiger partial charge in [0.2, 0.25) is 0 Å². The molecular formula is C8H11NO4S. The Morgan fingerprint density at radius 1 is 1.21 bits per heavy atom. The molecule has 78 valence electrons. The number of para-hydroxylation sites is 1. The van der Waals surface area contributed by atoms with Crippen molar-refractivity contribution in [1.82, 2.24) is 0 Å². The molecule has 0 atom stereocenters. The summed E-state index contributed by atoms with van der Waals surface area (Å²) in [6, 6.07) is 8.08. The molecular weight excluding hydrogens is 206 g/mol. The standard InChI is InChI=1S/C8H11NO4S/c10-7-6-9(14(11,12)13)8-4-2-1-3-5-8/h1-5,10H,6-7H2,(H,11,12,13). The van der Waals surface area contributed by atoms with Gasteiger partial charge in [-0.05, 0) is 12.1 Å². The molecule has 0 unspecified atom stereocenters. The average molecular weight is 217 g/mol. The monoisotopic (exact) mass is 217 g/mol. The Morgan fingerprint density at radius 3 is 2.21 bits per heavy atom. The maximum atomic E-state index is 10.9. The topological polar surface area (TPSA) is 77.8 Å². The Labute approximate surface area is 82.5 Å². The summed E-state index contributed by atoms with van der Waals surface area (Å²) in [6.07, 6.45) is 0. The van der Waals surface area contributed by atoms with Gasteiger partial charge in [0, 0.05) is 0 Å². The van der Waals surface area contributed by atoms with E-state index < -0.39 is 10.3 Å². The van der Waals surface area contributed by atoms with Crippen molar-refractivity contribution in [2.75, 3.05) is 17.5 Å². The quantitative estimate of drug-likeness (QED) is 0.710. The maximum Gasteiger partial charge on any atom is 0.360 e. The largest absolute Gasteiger partial charge is 0.394 e.